The first-order valence-corrected chi connectivity index (χ1v) is 17.7. The minimum atomic E-state index is 0.597. The lowest BCUT2D eigenvalue weighted by Gasteiger charge is -2.14. The number of rotatable bonds is 4. The molecule has 0 spiro atoms. The van der Waals surface area contributed by atoms with Gasteiger partial charge in [0, 0.05) is 43.8 Å². The van der Waals surface area contributed by atoms with E-state index in [1.54, 1.807) is 0 Å². The molecule has 0 unspecified atom stereocenters. The third-order valence-electron chi connectivity index (χ3n) is 10.4. The first-order valence-electron chi connectivity index (χ1n) is 17.7. The van der Waals surface area contributed by atoms with Gasteiger partial charge in [-0.1, -0.05) is 121 Å². The maximum atomic E-state index is 6.69. The van der Waals surface area contributed by atoms with Crippen molar-refractivity contribution >= 4 is 60.7 Å². The molecule has 5 nitrogen and oxygen atoms in total. The van der Waals surface area contributed by atoms with Gasteiger partial charge in [-0.25, -0.2) is 15.0 Å². The molecule has 0 fully saturated rings. The second-order valence-corrected chi connectivity index (χ2v) is 13.5. The molecule has 7 aromatic carbocycles. The molecule has 11 rings (SSSR count). The Bertz CT molecular complexity index is 3080. The van der Waals surface area contributed by atoms with Crippen molar-refractivity contribution in [2.24, 2.45) is 0 Å². The number of hydrogen-bond donors (Lipinski definition) is 0. The lowest BCUT2D eigenvalue weighted by molar-refractivity contribution is 0.668. The standard InChI is InChI=1S/C47H29N3O2/c1-2-11-29(12-3-1)45-48-46(32-23-24-34-30(26-32)21-20-28-10-4-5-13-33(28)34)50-47(49-45)39-17-9-19-41-43(39)38-16-8-15-35(44(38)52-41)31-22-25-37-36-14-6-7-18-40(36)51-42(37)27-31/h1-3,5-9,11-27H,4,10H2. The van der Waals surface area contributed by atoms with Gasteiger partial charge in [0.15, 0.2) is 17.5 Å². The summed E-state index contributed by atoms with van der Waals surface area (Å²) in [5.41, 5.74) is 10.8. The van der Waals surface area contributed by atoms with E-state index in [0.717, 1.165) is 84.5 Å². The van der Waals surface area contributed by atoms with Crippen molar-refractivity contribution in [1.29, 1.82) is 0 Å². The van der Waals surface area contributed by atoms with E-state index in [0.29, 0.717) is 17.5 Å². The number of aromatic nitrogens is 3. The van der Waals surface area contributed by atoms with E-state index in [4.69, 9.17) is 23.8 Å². The smallest absolute Gasteiger partial charge is 0.164 e. The van der Waals surface area contributed by atoms with E-state index in [-0.39, 0.29) is 0 Å². The van der Waals surface area contributed by atoms with Crippen LogP contribution in [0.5, 0.6) is 0 Å². The number of nitrogens with zero attached hydrogens (tertiary/aromatic N) is 3. The molecule has 0 aliphatic heterocycles. The predicted molar refractivity (Wildman–Crippen MR) is 211 cm³/mol. The Morgan fingerprint density at radius 2 is 1.19 bits per heavy atom. The molecule has 1 aliphatic rings. The van der Waals surface area contributed by atoms with Gasteiger partial charge in [0.25, 0.3) is 0 Å². The number of allylic oxidation sites excluding steroid dienone is 1. The van der Waals surface area contributed by atoms with Gasteiger partial charge in [-0.15, -0.1) is 0 Å². The molecule has 10 aromatic rings. The van der Waals surface area contributed by atoms with Crippen LogP contribution in [0.1, 0.15) is 17.5 Å². The molecular weight excluding hydrogens is 639 g/mol. The largest absolute Gasteiger partial charge is 0.456 e. The summed E-state index contributed by atoms with van der Waals surface area (Å²) in [6.45, 7) is 0. The van der Waals surface area contributed by atoms with Crippen LogP contribution in [0.4, 0.5) is 0 Å². The van der Waals surface area contributed by atoms with E-state index in [1.807, 2.05) is 60.7 Å². The van der Waals surface area contributed by atoms with Crippen LogP contribution in [0.25, 0.3) is 106 Å². The van der Waals surface area contributed by atoms with Crippen LogP contribution in [0.15, 0.2) is 154 Å². The lowest BCUT2D eigenvalue weighted by Crippen LogP contribution is -2.00. The summed E-state index contributed by atoms with van der Waals surface area (Å²) in [7, 11) is 0. The molecule has 5 heteroatoms. The van der Waals surface area contributed by atoms with Crippen molar-refractivity contribution in [3.8, 4) is 45.3 Å². The van der Waals surface area contributed by atoms with Crippen LogP contribution in [0.3, 0.4) is 0 Å². The lowest BCUT2D eigenvalue weighted by atomic mass is 9.91. The summed E-state index contributed by atoms with van der Waals surface area (Å²) in [6.07, 6.45) is 6.69. The molecule has 0 saturated heterocycles. The van der Waals surface area contributed by atoms with Crippen molar-refractivity contribution in [3.63, 3.8) is 0 Å². The van der Waals surface area contributed by atoms with E-state index in [9.17, 15) is 0 Å². The predicted octanol–water partition coefficient (Wildman–Crippen LogP) is 12.5. The monoisotopic (exact) mass is 667 g/mol. The third kappa shape index (κ3) is 4.53. The maximum Gasteiger partial charge on any atom is 0.164 e. The van der Waals surface area contributed by atoms with Gasteiger partial charge in [-0.3, -0.25) is 0 Å². The summed E-state index contributed by atoms with van der Waals surface area (Å²) in [6, 6.07) is 48.1. The molecule has 0 bridgehead atoms. The number of furan rings is 2. The van der Waals surface area contributed by atoms with E-state index < -0.39 is 0 Å². The van der Waals surface area contributed by atoms with Crippen LogP contribution in [0, 0.1) is 0 Å². The summed E-state index contributed by atoms with van der Waals surface area (Å²) < 4.78 is 12.9. The van der Waals surface area contributed by atoms with Gasteiger partial charge in [-0.2, -0.15) is 0 Å². The molecule has 0 N–H and O–H groups in total. The fraction of sp³-hybridized carbons (Fsp3) is 0.0426. The molecule has 0 atom stereocenters. The Morgan fingerprint density at radius 3 is 2.13 bits per heavy atom. The Hall–Kier alpha value is -6.85. The number of fused-ring (bicyclic) bond motifs is 9. The second-order valence-electron chi connectivity index (χ2n) is 13.5. The van der Waals surface area contributed by atoms with Gasteiger partial charge in [0.05, 0.1) is 0 Å². The minimum absolute atomic E-state index is 0.597. The van der Waals surface area contributed by atoms with Gasteiger partial charge in [-0.05, 0) is 70.6 Å². The topological polar surface area (TPSA) is 65.0 Å². The van der Waals surface area contributed by atoms with Gasteiger partial charge < -0.3 is 8.83 Å². The van der Waals surface area contributed by atoms with Crippen molar-refractivity contribution < 1.29 is 8.83 Å². The third-order valence-corrected chi connectivity index (χ3v) is 10.4. The van der Waals surface area contributed by atoms with Gasteiger partial charge in [0.1, 0.15) is 22.3 Å². The molecule has 3 aromatic heterocycles. The molecule has 0 saturated carbocycles. The van der Waals surface area contributed by atoms with Gasteiger partial charge in [0.2, 0.25) is 0 Å². The average Bonchev–Trinajstić information content (AvgIpc) is 3.79. The van der Waals surface area contributed by atoms with Crippen molar-refractivity contribution in [3.05, 3.63) is 157 Å². The summed E-state index contributed by atoms with van der Waals surface area (Å²) >= 11 is 0. The molecular formula is C47H29N3O2. The van der Waals surface area contributed by atoms with Crippen LogP contribution in [-0.2, 0) is 6.42 Å². The highest BCUT2D eigenvalue weighted by Crippen LogP contribution is 2.42. The zero-order valence-electron chi connectivity index (χ0n) is 28.0. The highest BCUT2D eigenvalue weighted by Gasteiger charge is 2.20. The normalized spacial score (nSPS) is 12.8. The molecule has 52 heavy (non-hydrogen) atoms. The Morgan fingerprint density at radius 1 is 0.462 bits per heavy atom. The zero-order valence-corrected chi connectivity index (χ0v) is 28.0. The number of aryl methyl sites for hydroxylation is 1. The molecule has 3 heterocycles. The average molecular weight is 668 g/mol. The first kappa shape index (κ1) is 28.9. The number of hydrogen-bond acceptors (Lipinski definition) is 5. The minimum Gasteiger partial charge on any atom is -0.456 e. The fourth-order valence-electron chi connectivity index (χ4n) is 7.89. The first-order chi connectivity index (χ1) is 25.7. The number of benzene rings is 7. The van der Waals surface area contributed by atoms with E-state index >= 15 is 0 Å². The Balaban J connectivity index is 1.10. The fourth-order valence-corrected chi connectivity index (χ4v) is 7.89. The Kier molecular flexibility index (Phi) is 6.31. The van der Waals surface area contributed by atoms with Crippen molar-refractivity contribution in [2.75, 3.05) is 0 Å². The zero-order chi connectivity index (χ0) is 34.2. The Labute approximate surface area is 298 Å². The van der Waals surface area contributed by atoms with Crippen molar-refractivity contribution in [1.82, 2.24) is 15.0 Å². The maximum absolute atomic E-state index is 6.69. The SMILES string of the molecule is C1=Cc2c(ccc3cc(-c4nc(-c5ccccc5)nc(-c5cccc6oc7c(-c8ccc9c(c8)oc8ccccc89)cccc7c56)n4)ccc23)CC1. The molecule has 244 valence electrons. The summed E-state index contributed by atoms with van der Waals surface area (Å²) in [4.78, 5) is 15.3. The molecule has 0 amide bonds. The summed E-state index contributed by atoms with van der Waals surface area (Å²) in [5.74, 6) is 1.85. The molecule has 1 aliphatic carbocycles. The summed E-state index contributed by atoms with van der Waals surface area (Å²) in [5, 5.41) is 6.60. The molecule has 0 radical (unpaired) electrons. The van der Waals surface area contributed by atoms with E-state index in [2.05, 4.69) is 91.0 Å². The quantitative estimate of drug-likeness (QED) is 0.187. The number of para-hydroxylation sites is 2. The second kappa shape index (κ2) is 11.3. The van der Waals surface area contributed by atoms with Crippen molar-refractivity contribution in [2.45, 2.75) is 12.8 Å². The van der Waals surface area contributed by atoms with Crippen LogP contribution in [-0.4, -0.2) is 15.0 Å². The highest BCUT2D eigenvalue weighted by molar-refractivity contribution is 6.15. The van der Waals surface area contributed by atoms with Crippen LogP contribution < -0.4 is 0 Å². The van der Waals surface area contributed by atoms with Crippen LogP contribution in [0.2, 0.25) is 0 Å². The van der Waals surface area contributed by atoms with E-state index in [1.165, 1.54) is 21.9 Å². The highest BCUT2D eigenvalue weighted by atomic mass is 16.3. The van der Waals surface area contributed by atoms with Gasteiger partial charge >= 0.3 is 0 Å². The van der Waals surface area contributed by atoms with Crippen LogP contribution >= 0.6 is 0 Å².